The van der Waals surface area contributed by atoms with Crippen molar-refractivity contribution in [2.24, 2.45) is 0 Å². The van der Waals surface area contributed by atoms with E-state index in [4.69, 9.17) is 15.9 Å². The smallest absolute Gasteiger partial charge is 0.162 e. The predicted octanol–water partition coefficient (Wildman–Crippen LogP) is 3.57. The number of aliphatic hydroxyl groups excluding tert-OH is 1. The molecule has 0 bridgehead atoms. The van der Waals surface area contributed by atoms with E-state index in [1.165, 1.54) is 16.9 Å². The van der Waals surface area contributed by atoms with Gasteiger partial charge in [-0.1, -0.05) is 30.2 Å². The number of rotatable bonds is 8. The third kappa shape index (κ3) is 5.05. The van der Waals surface area contributed by atoms with Crippen LogP contribution >= 0.6 is 11.3 Å². The minimum absolute atomic E-state index is 0.219. The van der Waals surface area contributed by atoms with E-state index in [9.17, 15) is 5.11 Å². The average Bonchev–Trinajstić information content (AvgIpc) is 3.38. The SMILES string of the molecule is C#CCOc1ccc(CN2CCN(c3ccccc3C(O)c3nccs3)CC2)cc1OC. The highest BCUT2D eigenvalue weighted by molar-refractivity contribution is 7.09. The van der Waals surface area contributed by atoms with Crippen molar-refractivity contribution in [3.05, 3.63) is 70.2 Å². The molecule has 1 atom stereocenters. The molecule has 1 unspecified atom stereocenters. The molecule has 32 heavy (non-hydrogen) atoms. The quantitative estimate of drug-likeness (QED) is 0.531. The summed E-state index contributed by atoms with van der Waals surface area (Å²) in [6.45, 7) is 4.70. The second-order valence-corrected chi connectivity index (χ2v) is 8.50. The van der Waals surface area contributed by atoms with Gasteiger partial charge in [0.15, 0.2) is 11.5 Å². The van der Waals surface area contributed by atoms with E-state index in [1.54, 1.807) is 13.3 Å². The van der Waals surface area contributed by atoms with Gasteiger partial charge in [0.2, 0.25) is 0 Å². The van der Waals surface area contributed by atoms with Crippen molar-refractivity contribution in [1.82, 2.24) is 9.88 Å². The number of piperazine rings is 1. The monoisotopic (exact) mass is 449 g/mol. The lowest BCUT2D eigenvalue weighted by atomic mass is 10.1. The standard InChI is InChI=1S/C25H27N3O3S/c1-3-15-31-22-9-8-19(17-23(22)30-2)18-27-11-13-28(14-12-27)21-7-5-4-6-20(21)24(29)25-26-10-16-32-25/h1,4-10,16-17,24,29H,11-15,18H2,2H3. The Morgan fingerprint density at radius 3 is 2.69 bits per heavy atom. The van der Waals surface area contributed by atoms with Gasteiger partial charge >= 0.3 is 0 Å². The van der Waals surface area contributed by atoms with Crippen LogP contribution in [-0.2, 0) is 6.54 Å². The van der Waals surface area contributed by atoms with Crippen molar-refractivity contribution in [3.8, 4) is 23.8 Å². The molecule has 1 saturated heterocycles. The number of terminal acetylenes is 1. The Morgan fingerprint density at radius 2 is 1.97 bits per heavy atom. The first-order valence-electron chi connectivity index (χ1n) is 10.6. The highest BCUT2D eigenvalue weighted by Gasteiger charge is 2.23. The van der Waals surface area contributed by atoms with Gasteiger partial charge in [-0.2, -0.15) is 0 Å². The lowest BCUT2D eigenvalue weighted by Crippen LogP contribution is -2.46. The largest absolute Gasteiger partial charge is 0.493 e. The molecule has 0 aliphatic carbocycles. The van der Waals surface area contributed by atoms with Crippen molar-refractivity contribution >= 4 is 17.0 Å². The van der Waals surface area contributed by atoms with Gasteiger partial charge in [-0.15, -0.1) is 17.8 Å². The topological polar surface area (TPSA) is 58.1 Å². The van der Waals surface area contributed by atoms with Gasteiger partial charge in [-0.3, -0.25) is 4.90 Å². The fourth-order valence-corrected chi connectivity index (χ4v) is 4.60. The number of para-hydroxylation sites is 1. The predicted molar refractivity (Wildman–Crippen MR) is 127 cm³/mol. The van der Waals surface area contributed by atoms with Crippen LogP contribution in [0.1, 0.15) is 22.2 Å². The second kappa shape index (κ2) is 10.5. The summed E-state index contributed by atoms with van der Waals surface area (Å²) in [5.41, 5.74) is 3.15. The van der Waals surface area contributed by atoms with Crippen LogP contribution in [0, 0.1) is 12.3 Å². The van der Waals surface area contributed by atoms with Crippen LogP contribution in [0.2, 0.25) is 0 Å². The molecule has 2 heterocycles. The van der Waals surface area contributed by atoms with E-state index in [1.807, 2.05) is 35.7 Å². The molecule has 0 amide bonds. The Bertz CT molecular complexity index is 1060. The molecule has 7 heteroatoms. The molecule has 1 N–H and O–H groups in total. The summed E-state index contributed by atoms with van der Waals surface area (Å²) >= 11 is 1.47. The Morgan fingerprint density at radius 1 is 1.16 bits per heavy atom. The lowest BCUT2D eigenvalue weighted by Gasteiger charge is -2.37. The molecule has 1 fully saturated rings. The highest BCUT2D eigenvalue weighted by Crippen LogP contribution is 2.33. The second-order valence-electron chi connectivity index (χ2n) is 7.57. The molecule has 1 aliphatic rings. The number of aromatic nitrogens is 1. The summed E-state index contributed by atoms with van der Waals surface area (Å²) in [4.78, 5) is 9.06. The van der Waals surface area contributed by atoms with Gasteiger partial charge in [0.1, 0.15) is 17.7 Å². The minimum Gasteiger partial charge on any atom is -0.493 e. The van der Waals surface area contributed by atoms with Crippen LogP contribution < -0.4 is 14.4 Å². The van der Waals surface area contributed by atoms with E-state index in [0.29, 0.717) is 11.5 Å². The van der Waals surface area contributed by atoms with Crippen LogP contribution in [0.4, 0.5) is 5.69 Å². The number of hydrogen-bond donors (Lipinski definition) is 1. The third-order valence-corrected chi connectivity index (χ3v) is 6.40. The van der Waals surface area contributed by atoms with E-state index in [2.05, 4.69) is 32.8 Å². The summed E-state index contributed by atoms with van der Waals surface area (Å²) in [6.07, 6.45) is 6.31. The van der Waals surface area contributed by atoms with Crippen molar-refractivity contribution in [2.75, 3.05) is 44.8 Å². The van der Waals surface area contributed by atoms with Crippen molar-refractivity contribution < 1.29 is 14.6 Å². The fourth-order valence-electron chi connectivity index (χ4n) is 3.96. The molecular formula is C25H27N3O3S. The van der Waals surface area contributed by atoms with Crippen LogP contribution in [0.15, 0.2) is 54.0 Å². The van der Waals surface area contributed by atoms with Crippen LogP contribution in [0.5, 0.6) is 11.5 Å². The van der Waals surface area contributed by atoms with Gasteiger partial charge < -0.3 is 19.5 Å². The number of nitrogens with zero attached hydrogens (tertiary/aromatic N) is 3. The zero-order chi connectivity index (χ0) is 22.3. The maximum absolute atomic E-state index is 10.8. The first kappa shape index (κ1) is 22.2. The van der Waals surface area contributed by atoms with Crippen molar-refractivity contribution in [1.29, 1.82) is 0 Å². The summed E-state index contributed by atoms with van der Waals surface area (Å²) in [7, 11) is 1.64. The number of benzene rings is 2. The normalized spacial score (nSPS) is 15.2. The Labute approximate surface area is 193 Å². The molecule has 0 radical (unpaired) electrons. The molecule has 6 nitrogen and oxygen atoms in total. The van der Waals surface area contributed by atoms with Gasteiger partial charge in [0.25, 0.3) is 0 Å². The molecule has 2 aromatic carbocycles. The summed E-state index contributed by atoms with van der Waals surface area (Å²) < 4.78 is 11.0. The Kier molecular flexibility index (Phi) is 7.28. The number of methoxy groups -OCH3 is 1. The average molecular weight is 450 g/mol. The molecule has 3 aromatic rings. The van der Waals surface area contributed by atoms with E-state index in [-0.39, 0.29) is 6.61 Å². The molecular weight excluding hydrogens is 422 g/mol. The minimum atomic E-state index is -0.702. The number of anilines is 1. The zero-order valence-electron chi connectivity index (χ0n) is 18.1. The van der Waals surface area contributed by atoms with E-state index >= 15 is 0 Å². The molecule has 166 valence electrons. The highest BCUT2D eigenvalue weighted by atomic mass is 32.1. The van der Waals surface area contributed by atoms with E-state index < -0.39 is 6.10 Å². The van der Waals surface area contributed by atoms with E-state index in [0.717, 1.165) is 49.0 Å². The fraction of sp³-hybridized carbons (Fsp3) is 0.320. The number of thiazole rings is 1. The first-order chi connectivity index (χ1) is 15.7. The Balaban J connectivity index is 1.40. The summed E-state index contributed by atoms with van der Waals surface area (Å²) in [5, 5.41) is 13.5. The van der Waals surface area contributed by atoms with Gasteiger partial charge in [0.05, 0.1) is 7.11 Å². The molecule has 0 spiro atoms. The lowest BCUT2D eigenvalue weighted by molar-refractivity contribution is 0.218. The zero-order valence-corrected chi connectivity index (χ0v) is 18.9. The molecule has 4 rings (SSSR count). The summed E-state index contributed by atoms with van der Waals surface area (Å²) in [5.74, 6) is 3.83. The van der Waals surface area contributed by atoms with Gasteiger partial charge in [0, 0.05) is 55.6 Å². The maximum atomic E-state index is 10.8. The molecule has 0 saturated carbocycles. The van der Waals surface area contributed by atoms with Crippen LogP contribution in [0.25, 0.3) is 0 Å². The number of hydrogen-bond acceptors (Lipinski definition) is 7. The van der Waals surface area contributed by atoms with Crippen molar-refractivity contribution in [2.45, 2.75) is 12.6 Å². The van der Waals surface area contributed by atoms with Crippen LogP contribution in [0.3, 0.4) is 0 Å². The Hall–Kier alpha value is -3.05. The number of aliphatic hydroxyl groups is 1. The van der Waals surface area contributed by atoms with Crippen molar-refractivity contribution in [3.63, 3.8) is 0 Å². The van der Waals surface area contributed by atoms with Gasteiger partial charge in [-0.25, -0.2) is 4.98 Å². The maximum Gasteiger partial charge on any atom is 0.162 e. The summed E-state index contributed by atoms with van der Waals surface area (Å²) in [6, 6.07) is 14.0. The molecule has 1 aliphatic heterocycles. The van der Waals surface area contributed by atoms with Crippen LogP contribution in [-0.4, -0.2) is 54.9 Å². The molecule has 1 aromatic heterocycles. The first-order valence-corrected chi connectivity index (χ1v) is 11.4. The number of ether oxygens (including phenoxy) is 2. The third-order valence-electron chi connectivity index (χ3n) is 5.57. The van der Waals surface area contributed by atoms with Gasteiger partial charge in [-0.05, 0) is 23.8 Å².